The van der Waals surface area contributed by atoms with Crippen LogP contribution in [0.25, 0.3) is 11.3 Å². The number of aromatic nitrogens is 1. The quantitative estimate of drug-likeness (QED) is 0.895. The molecule has 1 aromatic heterocycles. The Morgan fingerprint density at radius 1 is 1.06 bits per heavy atom. The average Bonchev–Trinajstić information content (AvgIpc) is 2.33. The standard InChI is InChI=1S/C12H6F3NO2/c13-6-1-2-8(14)7(5-6)11-9(15)3-4-10(16-11)12(17)18/h1-5H,(H,17,18). The molecule has 6 heteroatoms. The van der Waals surface area contributed by atoms with E-state index in [1.165, 1.54) is 0 Å². The van der Waals surface area contributed by atoms with Gasteiger partial charge in [-0.2, -0.15) is 0 Å². The molecule has 0 bridgehead atoms. The van der Waals surface area contributed by atoms with E-state index in [1.807, 2.05) is 0 Å². The van der Waals surface area contributed by atoms with Crippen LogP contribution in [0.15, 0.2) is 30.3 Å². The molecule has 0 atom stereocenters. The molecule has 0 saturated carbocycles. The topological polar surface area (TPSA) is 50.2 Å². The third-order valence-corrected chi connectivity index (χ3v) is 2.25. The van der Waals surface area contributed by atoms with Gasteiger partial charge in [0.25, 0.3) is 0 Å². The smallest absolute Gasteiger partial charge is 0.354 e. The first-order valence-electron chi connectivity index (χ1n) is 4.84. The predicted octanol–water partition coefficient (Wildman–Crippen LogP) is 2.86. The van der Waals surface area contributed by atoms with Gasteiger partial charge in [-0.1, -0.05) is 0 Å². The van der Waals surface area contributed by atoms with Crippen LogP contribution in [0.2, 0.25) is 0 Å². The zero-order valence-corrected chi connectivity index (χ0v) is 8.82. The predicted molar refractivity (Wildman–Crippen MR) is 56.5 cm³/mol. The second kappa shape index (κ2) is 4.48. The van der Waals surface area contributed by atoms with Crippen LogP contribution >= 0.6 is 0 Å². The van der Waals surface area contributed by atoms with Gasteiger partial charge in [-0.3, -0.25) is 0 Å². The summed E-state index contributed by atoms with van der Waals surface area (Å²) in [4.78, 5) is 14.2. The van der Waals surface area contributed by atoms with E-state index in [9.17, 15) is 18.0 Å². The number of hydrogen-bond acceptors (Lipinski definition) is 2. The highest BCUT2D eigenvalue weighted by molar-refractivity contribution is 5.86. The molecule has 1 N–H and O–H groups in total. The van der Waals surface area contributed by atoms with Gasteiger partial charge < -0.3 is 5.11 Å². The maximum Gasteiger partial charge on any atom is 0.354 e. The fraction of sp³-hybridized carbons (Fsp3) is 0. The maximum atomic E-state index is 13.5. The van der Waals surface area contributed by atoms with E-state index in [0.29, 0.717) is 0 Å². The van der Waals surface area contributed by atoms with Crippen LogP contribution in [0.1, 0.15) is 10.5 Å². The molecule has 0 fully saturated rings. The molecule has 1 aromatic carbocycles. The molecule has 0 amide bonds. The van der Waals surface area contributed by atoms with E-state index in [4.69, 9.17) is 5.11 Å². The molecule has 2 aromatic rings. The molecule has 0 saturated heterocycles. The maximum absolute atomic E-state index is 13.5. The Hall–Kier alpha value is -2.37. The lowest BCUT2D eigenvalue weighted by Gasteiger charge is -2.05. The molecular weight excluding hydrogens is 247 g/mol. The van der Waals surface area contributed by atoms with Crippen LogP contribution in [0.3, 0.4) is 0 Å². The van der Waals surface area contributed by atoms with Gasteiger partial charge in [-0.15, -0.1) is 0 Å². The molecule has 2 rings (SSSR count). The molecule has 18 heavy (non-hydrogen) atoms. The summed E-state index contributed by atoms with van der Waals surface area (Å²) in [6, 6.07) is 4.23. The van der Waals surface area contributed by atoms with Gasteiger partial charge in [0.2, 0.25) is 0 Å². The van der Waals surface area contributed by atoms with Crippen molar-refractivity contribution in [2.75, 3.05) is 0 Å². The molecular formula is C12H6F3NO2. The van der Waals surface area contributed by atoms with Crippen LogP contribution in [0.4, 0.5) is 13.2 Å². The largest absolute Gasteiger partial charge is 0.477 e. The van der Waals surface area contributed by atoms with Crippen molar-refractivity contribution in [3.8, 4) is 11.3 Å². The summed E-state index contributed by atoms with van der Waals surface area (Å²) in [5.41, 5.74) is -1.41. The second-order valence-electron chi connectivity index (χ2n) is 3.46. The monoisotopic (exact) mass is 253 g/mol. The lowest BCUT2D eigenvalue weighted by Crippen LogP contribution is -2.03. The Kier molecular flexibility index (Phi) is 3.01. The van der Waals surface area contributed by atoms with Crippen molar-refractivity contribution in [3.63, 3.8) is 0 Å². The Morgan fingerprint density at radius 2 is 1.72 bits per heavy atom. The van der Waals surface area contributed by atoms with E-state index in [2.05, 4.69) is 4.98 Å². The number of aromatic carboxylic acids is 1. The minimum absolute atomic E-state index is 0.421. The number of carboxylic acids is 1. The van der Waals surface area contributed by atoms with Crippen LogP contribution in [0.5, 0.6) is 0 Å². The Bertz CT molecular complexity index is 629. The first-order valence-corrected chi connectivity index (χ1v) is 4.84. The van der Waals surface area contributed by atoms with E-state index in [-0.39, 0.29) is 0 Å². The first kappa shape index (κ1) is 12.1. The molecule has 1 heterocycles. The number of hydrogen-bond donors (Lipinski definition) is 1. The number of nitrogens with zero attached hydrogens (tertiary/aromatic N) is 1. The van der Waals surface area contributed by atoms with Crippen molar-refractivity contribution < 1.29 is 23.1 Å². The van der Waals surface area contributed by atoms with Crippen LogP contribution in [-0.4, -0.2) is 16.1 Å². The van der Waals surface area contributed by atoms with Gasteiger partial charge in [0.05, 0.1) is 0 Å². The van der Waals surface area contributed by atoms with Gasteiger partial charge in [0, 0.05) is 5.56 Å². The third-order valence-electron chi connectivity index (χ3n) is 2.25. The Balaban J connectivity index is 2.66. The molecule has 0 aliphatic heterocycles. The Labute approximate surface area is 99.5 Å². The van der Waals surface area contributed by atoms with Gasteiger partial charge in [-0.25, -0.2) is 22.9 Å². The molecule has 0 unspecified atom stereocenters. The number of carboxylic acid groups (broad SMARTS) is 1. The molecule has 3 nitrogen and oxygen atoms in total. The number of carbonyl (C=O) groups is 1. The van der Waals surface area contributed by atoms with E-state index in [1.54, 1.807) is 0 Å². The highest BCUT2D eigenvalue weighted by Crippen LogP contribution is 2.24. The highest BCUT2D eigenvalue weighted by atomic mass is 19.1. The van der Waals surface area contributed by atoms with Gasteiger partial charge >= 0.3 is 5.97 Å². The van der Waals surface area contributed by atoms with Crippen molar-refractivity contribution >= 4 is 5.97 Å². The van der Waals surface area contributed by atoms with Gasteiger partial charge in [0.1, 0.15) is 28.8 Å². The fourth-order valence-electron chi connectivity index (χ4n) is 1.43. The van der Waals surface area contributed by atoms with Crippen LogP contribution < -0.4 is 0 Å². The molecule has 0 radical (unpaired) electrons. The van der Waals surface area contributed by atoms with Crippen molar-refractivity contribution in [2.24, 2.45) is 0 Å². The number of halogens is 3. The lowest BCUT2D eigenvalue weighted by atomic mass is 10.1. The van der Waals surface area contributed by atoms with Crippen molar-refractivity contribution in [1.29, 1.82) is 0 Å². The number of rotatable bonds is 2. The normalized spacial score (nSPS) is 10.4. The summed E-state index contributed by atoms with van der Waals surface area (Å²) in [6.07, 6.45) is 0. The summed E-state index contributed by atoms with van der Waals surface area (Å²) < 4.78 is 39.9. The van der Waals surface area contributed by atoms with Gasteiger partial charge in [-0.05, 0) is 30.3 Å². The second-order valence-corrected chi connectivity index (χ2v) is 3.46. The van der Waals surface area contributed by atoms with Crippen molar-refractivity contribution in [3.05, 3.63) is 53.5 Å². The third kappa shape index (κ3) is 2.17. The van der Waals surface area contributed by atoms with E-state index >= 15 is 0 Å². The number of benzene rings is 1. The Morgan fingerprint density at radius 3 is 2.39 bits per heavy atom. The van der Waals surface area contributed by atoms with Crippen LogP contribution in [-0.2, 0) is 0 Å². The minimum Gasteiger partial charge on any atom is -0.477 e. The molecule has 0 spiro atoms. The SMILES string of the molecule is O=C(O)c1ccc(F)c(-c2cc(F)ccc2F)n1. The summed E-state index contributed by atoms with van der Waals surface area (Å²) in [7, 11) is 0. The zero-order chi connectivity index (χ0) is 13.3. The summed E-state index contributed by atoms with van der Waals surface area (Å²) >= 11 is 0. The summed E-state index contributed by atoms with van der Waals surface area (Å²) in [6.45, 7) is 0. The van der Waals surface area contributed by atoms with Crippen molar-refractivity contribution in [1.82, 2.24) is 4.98 Å². The fourth-order valence-corrected chi connectivity index (χ4v) is 1.43. The average molecular weight is 253 g/mol. The first-order chi connectivity index (χ1) is 8.49. The van der Waals surface area contributed by atoms with Crippen LogP contribution in [0, 0.1) is 17.5 Å². The zero-order valence-electron chi connectivity index (χ0n) is 8.82. The molecule has 0 aliphatic rings. The summed E-state index contributed by atoms with van der Waals surface area (Å²) in [5.74, 6) is -3.96. The lowest BCUT2D eigenvalue weighted by molar-refractivity contribution is 0.0690. The van der Waals surface area contributed by atoms with E-state index in [0.717, 1.165) is 30.3 Å². The highest BCUT2D eigenvalue weighted by Gasteiger charge is 2.15. The molecule has 92 valence electrons. The van der Waals surface area contributed by atoms with E-state index < -0.39 is 40.4 Å². The van der Waals surface area contributed by atoms with Gasteiger partial charge in [0.15, 0.2) is 0 Å². The molecule has 0 aliphatic carbocycles. The summed E-state index contributed by atoms with van der Waals surface area (Å²) in [5, 5.41) is 8.72. The number of pyridine rings is 1. The minimum atomic E-state index is -1.38. The van der Waals surface area contributed by atoms with Crippen molar-refractivity contribution in [2.45, 2.75) is 0 Å².